The van der Waals surface area contributed by atoms with Crippen LogP contribution in [0.2, 0.25) is 0 Å². The minimum atomic E-state index is -3.51. The highest BCUT2D eigenvalue weighted by atomic mass is 32.2. The van der Waals surface area contributed by atoms with Crippen molar-refractivity contribution in [3.05, 3.63) is 59.9 Å². The van der Waals surface area contributed by atoms with Gasteiger partial charge in [-0.15, -0.1) is 10.2 Å². The third-order valence-corrected chi connectivity index (χ3v) is 7.43. The van der Waals surface area contributed by atoms with Gasteiger partial charge in [-0.25, -0.2) is 17.8 Å². The fraction of sp³-hybridized carbons (Fsp3) is 0.286. The quantitative estimate of drug-likeness (QED) is 0.504. The first-order valence-electron chi connectivity index (χ1n) is 9.87. The third kappa shape index (κ3) is 3.01. The predicted molar refractivity (Wildman–Crippen MR) is 115 cm³/mol. The third-order valence-electron chi connectivity index (χ3n) is 5.54. The van der Waals surface area contributed by atoms with Gasteiger partial charge in [-0.1, -0.05) is 24.3 Å². The van der Waals surface area contributed by atoms with E-state index in [1.807, 2.05) is 48.6 Å². The SMILES string of the molecule is Cc1cccc(S(=O)(=O)N2CCN(c3nc4ccccc4c4nnc(C)n34)CC2)c1. The van der Waals surface area contributed by atoms with Crippen molar-refractivity contribution >= 4 is 32.5 Å². The lowest BCUT2D eigenvalue weighted by Crippen LogP contribution is -2.49. The van der Waals surface area contributed by atoms with Crippen molar-refractivity contribution in [1.29, 1.82) is 0 Å². The molecular formula is C21H22N6O2S. The number of hydrogen-bond acceptors (Lipinski definition) is 6. The van der Waals surface area contributed by atoms with Crippen LogP contribution in [0.4, 0.5) is 5.95 Å². The summed E-state index contributed by atoms with van der Waals surface area (Å²) < 4.78 is 29.6. The van der Waals surface area contributed by atoms with Crippen molar-refractivity contribution in [1.82, 2.24) is 23.9 Å². The molecule has 1 saturated heterocycles. The molecule has 0 radical (unpaired) electrons. The molecule has 154 valence electrons. The van der Waals surface area contributed by atoms with E-state index in [0.29, 0.717) is 31.1 Å². The standard InChI is InChI=1S/C21H22N6O2S/c1-15-6-5-7-17(14-15)30(28,29)26-12-10-25(11-13-26)21-22-19-9-4-3-8-18(19)20-24-23-16(2)27(20)21/h3-9,14H,10-13H2,1-2H3. The molecule has 4 aromatic rings. The first kappa shape index (κ1) is 19.0. The van der Waals surface area contributed by atoms with Crippen molar-refractivity contribution < 1.29 is 8.42 Å². The van der Waals surface area contributed by atoms with Crippen molar-refractivity contribution in [2.45, 2.75) is 18.7 Å². The molecule has 8 nitrogen and oxygen atoms in total. The molecule has 0 bridgehead atoms. The number of rotatable bonds is 3. The molecule has 1 aliphatic heterocycles. The van der Waals surface area contributed by atoms with Crippen molar-refractivity contribution in [2.24, 2.45) is 0 Å². The first-order valence-corrected chi connectivity index (χ1v) is 11.3. The fourth-order valence-corrected chi connectivity index (χ4v) is 5.49. The topological polar surface area (TPSA) is 83.7 Å². The summed E-state index contributed by atoms with van der Waals surface area (Å²) in [7, 11) is -3.51. The van der Waals surface area contributed by atoms with E-state index in [-0.39, 0.29) is 0 Å². The van der Waals surface area contributed by atoms with Gasteiger partial charge in [-0.3, -0.25) is 0 Å². The summed E-state index contributed by atoms with van der Waals surface area (Å²) in [5.41, 5.74) is 2.55. The van der Waals surface area contributed by atoms with Gasteiger partial charge in [0, 0.05) is 31.6 Å². The lowest BCUT2D eigenvalue weighted by atomic mass is 10.2. The van der Waals surface area contributed by atoms with Crippen LogP contribution in [0.25, 0.3) is 16.6 Å². The maximum atomic E-state index is 13.0. The Labute approximate surface area is 174 Å². The first-order chi connectivity index (χ1) is 14.4. The van der Waals surface area contributed by atoms with Gasteiger partial charge < -0.3 is 4.90 Å². The predicted octanol–water partition coefficient (Wildman–Crippen LogP) is 2.41. The van der Waals surface area contributed by atoms with Crippen molar-refractivity contribution in [3.63, 3.8) is 0 Å². The van der Waals surface area contributed by atoms with Crippen LogP contribution in [0, 0.1) is 13.8 Å². The molecule has 0 saturated carbocycles. The molecule has 0 amide bonds. The summed E-state index contributed by atoms with van der Waals surface area (Å²) in [4.78, 5) is 7.31. The Morgan fingerprint density at radius 2 is 1.67 bits per heavy atom. The Bertz CT molecular complexity index is 1360. The zero-order valence-corrected chi connectivity index (χ0v) is 17.7. The maximum absolute atomic E-state index is 13.0. The van der Waals surface area contributed by atoms with Gasteiger partial charge in [0.2, 0.25) is 16.0 Å². The van der Waals surface area contributed by atoms with E-state index in [9.17, 15) is 8.42 Å². The van der Waals surface area contributed by atoms with Crippen LogP contribution in [0.5, 0.6) is 0 Å². The van der Waals surface area contributed by atoms with Crippen LogP contribution in [-0.4, -0.2) is 58.5 Å². The highest BCUT2D eigenvalue weighted by Gasteiger charge is 2.30. The summed E-state index contributed by atoms with van der Waals surface area (Å²) in [6.45, 7) is 5.68. The summed E-state index contributed by atoms with van der Waals surface area (Å²) in [6.07, 6.45) is 0. The van der Waals surface area contributed by atoms with Gasteiger partial charge >= 0.3 is 0 Å². The number of piperazine rings is 1. The van der Waals surface area contributed by atoms with E-state index in [0.717, 1.165) is 33.9 Å². The average Bonchev–Trinajstić information content (AvgIpc) is 3.15. The number of fused-ring (bicyclic) bond motifs is 3. The van der Waals surface area contributed by atoms with E-state index in [1.165, 1.54) is 0 Å². The monoisotopic (exact) mass is 422 g/mol. The van der Waals surface area contributed by atoms with Crippen LogP contribution in [-0.2, 0) is 10.0 Å². The molecule has 9 heteroatoms. The summed E-state index contributed by atoms with van der Waals surface area (Å²) in [5, 5.41) is 9.53. The van der Waals surface area contributed by atoms with E-state index in [4.69, 9.17) is 4.98 Å². The Balaban J connectivity index is 1.47. The lowest BCUT2D eigenvalue weighted by Gasteiger charge is -2.35. The highest BCUT2D eigenvalue weighted by molar-refractivity contribution is 7.89. The van der Waals surface area contributed by atoms with Crippen LogP contribution in [0.1, 0.15) is 11.4 Å². The van der Waals surface area contributed by atoms with Crippen molar-refractivity contribution in [2.75, 3.05) is 31.1 Å². The Hall–Kier alpha value is -3.04. The molecule has 5 rings (SSSR count). The highest BCUT2D eigenvalue weighted by Crippen LogP contribution is 2.26. The molecule has 30 heavy (non-hydrogen) atoms. The minimum absolute atomic E-state index is 0.344. The molecule has 0 aliphatic carbocycles. The largest absolute Gasteiger partial charge is 0.339 e. The number of aryl methyl sites for hydroxylation is 2. The number of aromatic nitrogens is 4. The van der Waals surface area contributed by atoms with Crippen LogP contribution >= 0.6 is 0 Å². The number of anilines is 1. The Morgan fingerprint density at radius 1 is 0.900 bits per heavy atom. The second-order valence-electron chi connectivity index (χ2n) is 7.54. The van der Waals surface area contributed by atoms with Gasteiger partial charge in [-0.2, -0.15) is 4.31 Å². The molecule has 1 fully saturated rings. The minimum Gasteiger partial charge on any atom is -0.339 e. The maximum Gasteiger partial charge on any atom is 0.243 e. The zero-order chi connectivity index (χ0) is 20.9. The zero-order valence-electron chi connectivity index (χ0n) is 16.9. The molecule has 1 aliphatic rings. The molecule has 0 unspecified atom stereocenters. The average molecular weight is 423 g/mol. The van der Waals surface area contributed by atoms with E-state index < -0.39 is 10.0 Å². The molecular weight excluding hydrogens is 400 g/mol. The summed E-state index contributed by atoms with van der Waals surface area (Å²) >= 11 is 0. The second-order valence-corrected chi connectivity index (χ2v) is 9.48. The van der Waals surface area contributed by atoms with E-state index >= 15 is 0 Å². The Morgan fingerprint density at radius 3 is 2.43 bits per heavy atom. The molecule has 2 aromatic heterocycles. The molecule has 2 aromatic carbocycles. The second kappa shape index (κ2) is 7.03. The van der Waals surface area contributed by atoms with Gasteiger partial charge in [0.05, 0.1) is 10.4 Å². The van der Waals surface area contributed by atoms with Crippen LogP contribution in [0.3, 0.4) is 0 Å². The van der Waals surface area contributed by atoms with E-state index in [2.05, 4.69) is 15.1 Å². The Kier molecular flexibility index (Phi) is 4.44. The molecule has 0 N–H and O–H groups in total. The van der Waals surface area contributed by atoms with Crippen LogP contribution in [0.15, 0.2) is 53.4 Å². The van der Waals surface area contributed by atoms with Crippen molar-refractivity contribution in [3.8, 4) is 0 Å². The number of sulfonamides is 1. The molecule has 0 spiro atoms. The fourth-order valence-electron chi connectivity index (χ4n) is 3.96. The number of benzene rings is 2. The van der Waals surface area contributed by atoms with Gasteiger partial charge in [-0.05, 0) is 43.7 Å². The van der Waals surface area contributed by atoms with Gasteiger partial charge in [0.1, 0.15) is 5.82 Å². The lowest BCUT2D eigenvalue weighted by molar-refractivity contribution is 0.382. The van der Waals surface area contributed by atoms with Crippen LogP contribution < -0.4 is 4.90 Å². The molecule has 3 heterocycles. The number of hydrogen-bond donors (Lipinski definition) is 0. The normalized spacial score (nSPS) is 15.9. The number of nitrogens with zero attached hydrogens (tertiary/aromatic N) is 6. The van der Waals surface area contributed by atoms with E-state index in [1.54, 1.807) is 22.5 Å². The smallest absolute Gasteiger partial charge is 0.243 e. The van der Waals surface area contributed by atoms with Gasteiger partial charge in [0.15, 0.2) is 5.65 Å². The number of para-hydroxylation sites is 1. The van der Waals surface area contributed by atoms with Gasteiger partial charge in [0.25, 0.3) is 0 Å². The summed E-state index contributed by atoms with van der Waals surface area (Å²) in [6, 6.07) is 14.9. The summed E-state index contributed by atoms with van der Waals surface area (Å²) in [5.74, 6) is 1.51. The molecule has 0 atom stereocenters.